The number of hydrogen-bond acceptors (Lipinski definition) is 4. The van der Waals surface area contributed by atoms with Gasteiger partial charge in [-0.15, -0.1) is 0 Å². The molecule has 1 aliphatic rings. The maximum Gasteiger partial charge on any atom is 0.305 e. The molecule has 1 aliphatic carbocycles. The lowest BCUT2D eigenvalue weighted by molar-refractivity contribution is -0.120. The maximum atomic E-state index is 12.6. The molecule has 124 valence electrons. The molecular formula is C18H25N3O2. The van der Waals surface area contributed by atoms with Gasteiger partial charge in [0.1, 0.15) is 5.52 Å². The van der Waals surface area contributed by atoms with Gasteiger partial charge in [0, 0.05) is 13.1 Å². The zero-order valence-electron chi connectivity index (χ0n) is 14.1. The topological polar surface area (TPSA) is 58.4 Å². The van der Waals surface area contributed by atoms with Crippen molar-refractivity contribution in [2.45, 2.75) is 58.0 Å². The number of benzene rings is 1. The van der Waals surface area contributed by atoms with Crippen LogP contribution in [-0.2, 0) is 4.79 Å². The fourth-order valence-corrected chi connectivity index (χ4v) is 3.25. The van der Waals surface area contributed by atoms with Crippen molar-refractivity contribution >= 4 is 23.0 Å². The van der Waals surface area contributed by atoms with E-state index in [9.17, 15) is 4.79 Å². The number of hydrogen-bond donors (Lipinski definition) is 1. The molecule has 1 fully saturated rings. The van der Waals surface area contributed by atoms with Gasteiger partial charge in [0.15, 0.2) is 5.58 Å². The molecule has 0 aliphatic heterocycles. The van der Waals surface area contributed by atoms with Gasteiger partial charge in [-0.1, -0.05) is 25.3 Å². The quantitative estimate of drug-likeness (QED) is 0.939. The van der Waals surface area contributed by atoms with E-state index in [1.807, 2.05) is 32.0 Å². The van der Waals surface area contributed by atoms with E-state index in [1.54, 1.807) is 7.05 Å². The van der Waals surface area contributed by atoms with E-state index in [1.165, 1.54) is 24.2 Å². The lowest BCUT2D eigenvalue weighted by Gasteiger charge is -2.27. The molecule has 3 rings (SSSR count). The minimum Gasteiger partial charge on any atom is -0.423 e. The molecule has 0 unspecified atom stereocenters. The van der Waals surface area contributed by atoms with Crippen LogP contribution < -0.4 is 10.2 Å². The summed E-state index contributed by atoms with van der Waals surface area (Å²) in [5.41, 5.74) is 2.62. The number of carbonyl (C=O) groups excluding carboxylic acids is 1. The number of fused-ring (bicyclic) bond motifs is 1. The Labute approximate surface area is 137 Å². The number of amides is 1. The van der Waals surface area contributed by atoms with Crippen molar-refractivity contribution in [2.24, 2.45) is 0 Å². The fourth-order valence-electron chi connectivity index (χ4n) is 3.25. The number of aromatic nitrogens is 1. The van der Waals surface area contributed by atoms with Crippen LogP contribution >= 0.6 is 0 Å². The second kappa shape index (κ2) is 6.71. The van der Waals surface area contributed by atoms with Crippen molar-refractivity contribution < 1.29 is 9.21 Å². The molecule has 23 heavy (non-hydrogen) atoms. The minimum absolute atomic E-state index is 0.0150. The van der Waals surface area contributed by atoms with Crippen molar-refractivity contribution in [1.82, 2.24) is 10.3 Å². The number of anilines is 1. The van der Waals surface area contributed by atoms with E-state index in [2.05, 4.69) is 10.3 Å². The number of likely N-dealkylation sites (N-methyl/N-ethyl adjacent to an activating group) is 1. The van der Waals surface area contributed by atoms with Gasteiger partial charge < -0.3 is 9.73 Å². The Balaban J connectivity index is 1.69. The molecule has 5 nitrogen and oxygen atoms in total. The Kier molecular flexibility index (Phi) is 4.66. The summed E-state index contributed by atoms with van der Waals surface area (Å²) in [6.45, 7) is 3.93. The molecule has 0 radical (unpaired) electrons. The van der Waals surface area contributed by atoms with Crippen LogP contribution in [0.1, 0.15) is 44.6 Å². The Morgan fingerprint density at radius 3 is 2.83 bits per heavy atom. The van der Waals surface area contributed by atoms with Gasteiger partial charge >= 0.3 is 6.01 Å². The van der Waals surface area contributed by atoms with Crippen LogP contribution in [0.2, 0.25) is 0 Å². The molecule has 0 saturated heterocycles. The highest BCUT2D eigenvalue weighted by molar-refractivity contribution is 5.95. The summed E-state index contributed by atoms with van der Waals surface area (Å²) in [4.78, 5) is 18.6. The summed E-state index contributed by atoms with van der Waals surface area (Å²) >= 11 is 0. The van der Waals surface area contributed by atoms with Crippen molar-refractivity contribution in [3.05, 3.63) is 23.8 Å². The van der Waals surface area contributed by atoms with Gasteiger partial charge in [0.25, 0.3) is 0 Å². The van der Waals surface area contributed by atoms with Crippen molar-refractivity contribution in [3.8, 4) is 0 Å². The zero-order chi connectivity index (χ0) is 16.4. The molecule has 1 aromatic heterocycles. The molecular weight excluding hydrogens is 290 g/mol. The summed E-state index contributed by atoms with van der Waals surface area (Å²) in [7, 11) is 1.72. The predicted octanol–water partition coefficient (Wildman–Crippen LogP) is 3.41. The van der Waals surface area contributed by atoms with Crippen LogP contribution in [0.3, 0.4) is 0 Å². The average molecular weight is 315 g/mol. The predicted molar refractivity (Wildman–Crippen MR) is 91.6 cm³/mol. The first-order valence-electron chi connectivity index (χ1n) is 8.45. The average Bonchev–Trinajstić information content (AvgIpc) is 2.97. The van der Waals surface area contributed by atoms with E-state index in [-0.39, 0.29) is 11.9 Å². The Morgan fingerprint density at radius 2 is 2.09 bits per heavy atom. The molecule has 2 aromatic rings. The molecule has 1 amide bonds. The highest BCUT2D eigenvalue weighted by Gasteiger charge is 2.25. The highest BCUT2D eigenvalue weighted by Crippen LogP contribution is 2.23. The first-order valence-corrected chi connectivity index (χ1v) is 8.45. The van der Waals surface area contributed by atoms with Crippen LogP contribution in [0.15, 0.2) is 22.6 Å². The van der Waals surface area contributed by atoms with Gasteiger partial charge in [0.05, 0.1) is 6.04 Å². The summed E-state index contributed by atoms with van der Waals surface area (Å²) in [6.07, 6.45) is 6.12. The Morgan fingerprint density at radius 1 is 1.35 bits per heavy atom. The minimum atomic E-state index is -0.236. The number of nitrogens with zero attached hydrogens (tertiary/aromatic N) is 2. The largest absolute Gasteiger partial charge is 0.423 e. The third-order valence-electron chi connectivity index (χ3n) is 4.61. The number of oxazole rings is 1. The monoisotopic (exact) mass is 315 g/mol. The van der Waals surface area contributed by atoms with Gasteiger partial charge in [-0.2, -0.15) is 4.98 Å². The lowest BCUT2D eigenvalue weighted by atomic mass is 9.95. The van der Waals surface area contributed by atoms with E-state index >= 15 is 0 Å². The van der Waals surface area contributed by atoms with Crippen LogP contribution in [-0.4, -0.2) is 30.0 Å². The van der Waals surface area contributed by atoms with Gasteiger partial charge in [-0.25, -0.2) is 0 Å². The summed E-state index contributed by atoms with van der Waals surface area (Å²) in [5, 5.41) is 3.45. The summed E-state index contributed by atoms with van der Waals surface area (Å²) < 4.78 is 5.71. The zero-order valence-corrected chi connectivity index (χ0v) is 14.1. The normalized spacial score (nSPS) is 17.3. The molecule has 1 atom stereocenters. The molecule has 1 heterocycles. The van der Waals surface area contributed by atoms with Crippen molar-refractivity contribution in [3.63, 3.8) is 0 Å². The molecule has 0 spiro atoms. The van der Waals surface area contributed by atoms with Gasteiger partial charge in [-0.05, 0) is 44.4 Å². The van der Waals surface area contributed by atoms with Crippen molar-refractivity contribution in [2.75, 3.05) is 11.9 Å². The standard InChI is InChI=1S/C18H25N3O2/c1-12-9-10-16-15(11-12)20-18(23-16)21(3)17(22)13(2)19-14-7-5-4-6-8-14/h9-11,13-14,19H,4-8H2,1-3H3/t13-/m0/s1. The number of nitrogens with one attached hydrogen (secondary N) is 1. The van der Waals surface area contributed by atoms with E-state index in [0.717, 1.165) is 23.9 Å². The Bertz CT molecular complexity index is 689. The number of rotatable bonds is 4. The third-order valence-corrected chi connectivity index (χ3v) is 4.61. The second-order valence-corrected chi connectivity index (χ2v) is 6.59. The van der Waals surface area contributed by atoms with Crippen LogP contribution in [0, 0.1) is 6.92 Å². The smallest absolute Gasteiger partial charge is 0.305 e. The van der Waals surface area contributed by atoms with E-state index in [4.69, 9.17) is 4.42 Å². The molecule has 1 N–H and O–H groups in total. The number of aryl methyl sites for hydroxylation is 1. The van der Waals surface area contributed by atoms with Gasteiger partial charge in [0.2, 0.25) is 5.91 Å². The fraction of sp³-hybridized carbons (Fsp3) is 0.556. The summed E-state index contributed by atoms with van der Waals surface area (Å²) in [6, 6.07) is 6.40. The van der Waals surface area contributed by atoms with Crippen LogP contribution in [0.4, 0.5) is 6.01 Å². The van der Waals surface area contributed by atoms with Gasteiger partial charge in [-0.3, -0.25) is 9.69 Å². The van der Waals surface area contributed by atoms with E-state index < -0.39 is 0 Å². The molecule has 1 aromatic carbocycles. The number of carbonyl (C=O) groups is 1. The molecule has 5 heteroatoms. The third kappa shape index (κ3) is 3.55. The van der Waals surface area contributed by atoms with Crippen molar-refractivity contribution in [1.29, 1.82) is 0 Å². The highest BCUT2D eigenvalue weighted by atomic mass is 16.4. The SMILES string of the molecule is Cc1ccc2oc(N(C)C(=O)[C@H](C)NC3CCCCC3)nc2c1. The van der Waals surface area contributed by atoms with E-state index in [0.29, 0.717) is 17.6 Å². The van der Waals surface area contributed by atoms with Crippen LogP contribution in [0.25, 0.3) is 11.1 Å². The first-order chi connectivity index (χ1) is 11.0. The lowest BCUT2D eigenvalue weighted by Crippen LogP contribution is -2.47. The summed E-state index contributed by atoms with van der Waals surface area (Å²) in [5.74, 6) is -0.0150. The first kappa shape index (κ1) is 16.0. The van der Waals surface area contributed by atoms with Crippen LogP contribution in [0.5, 0.6) is 0 Å². The maximum absolute atomic E-state index is 12.6. The Hall–Kier alpha value is -1.88. The molecule has 0 bridgehead atoms. The molecule has 1 saturated carbocycles. The second-order valence-electron chi connectivity index (χ2n) is 6.59.